The molecule has 124 valence electrons. The van der Waals surface area contributed by atoms with Gasteiger partial charge in [-0.25, -0.2) is 0 Å². The number of nitrogens with zero attached hydrogens (tertiary/aromatic N) is 2. The van der Waals surface area contributed by atoms with Crippen molar-refractivity contribution < 1.29 is 9.84 Å². The summed E-state index contributed by atoms with van der Waals surface area (Å²) in [6.07, 6.45) is 5.29. The lowest BCUT2D eigenvalue weighted by Crippen LogP contribution is -2.34. The topological polar surface area (TPSA) is 61.4 Å². The number of ether oxygens (including phenoxy) is 1. The van der Waals surface area contributed by atoms with Crippen LogP contribution >= 0.6 is 0 Å². The summed E-state index contributed by atoms with van der Waals surface area (Å²) in [5.74, 6) is 1.54. The number of likely N-dealkylation sites (tertiary alicyclic amines) is 1. The first kappa shape index (κ1) is 15.9. The molecule has 1 saturated heterocycles. The SMILES string of the molecule is CCc1cn[nH]c1[C@@H]1CCCN(Cc2c(O)cccc2OC)C1. The fourth-order valence-electron chi connectivity index (χ4n) is 3.52. The van der Waals surface area contributed by atoms with E-state index in [-0.39, 0.29) is 0 Å². The molecule has 0 unspecified atom stereocenters. The zero-order valence-corrected chi connectivity index (χ0v) is 13.9. The zero-order chi connectivity index (χ0) is 16.2. The Bertz CT molecular complexity index is 653. The van der Waals surface area contributed by atoms with Crippen LogP contribution in [0.25, 0.3) is 0 Å². The molecule has 2 heterocycles. The van der Waals surface area contributed by atoms with Crippen LogP contribution in [0.5, 0.6) is 11.5 Å². The van der Waals surface area contributed by atoms with E-state index in [9.17, 15) is 5.11 Å². The molecular weight excluding hydrogens is 290 g/mol. The van der Waals surface area contributed by atoms with Crippen LogP contribution in [0.2, 0.25) is 0 Å². The van der Waals surface area contributed by atoms with Crippen molar-refractivity contribution in [2.24, 2.45) is 0 Å². The average molecular weight is 315 g/mol. The minimum absolute atomic E-state index is 0.308. The van der Waals surface area contributed by atoms with Gasteiger partial charge in [-0.2, -0.15) is 5.10 Å². The zero-order valence-electron chi connectivity index (χ0n) is 13.9. The Morgan fingerprint density at radius 3 is 3.09 bits per heavy atom. The molecule has 1 fully saturated rings. The van der Waals surface area contributed by atoms with Crippen molar-refractivity contribution in [1.82, 2.24) is 15.1 Å². The molecule has 1 atom stereocenters. The van der Waals surface area contributed by atoms with Crippen molar-refractivity contribution in [3.63, 3.8) is 0 Å². The van der Waals surface area contributed by atoms with E-state index < -0.39 is 0 Å². The van der Waals surface area contributed by atoms with Crippen molar-refractivity contribution in [1.29, 1.82) is 0 Å². The minimum Gasteiger partial charge on any atom is -0.507 e. The molecule has 0 bridgehead atoms. The van der Waals surface area contributed by atoms with E-state index >= 15 is 0 Å². The maximum Gasteiger partial charge on any atom is 0.127 e. The average Bonchev–Trinajstić information content (AvgIpc) is 3.05. The molecule has 1 aliphatic rings. The van der Waals surface area contributed by atoms with E-state index in [4.69, 9.17) is 4.74 Å². The normalized spacial score (nSPS) is 19.0. The predicted molar refractivity (Wildman–Crippen MR) is 89.9 cm³/mol. The van der Waals surface area contributed by atoms with Gasteiger partial charge in [0.05, 0.1) is 13.3 Å². The van der Waals surface area contributed by atoms with Crippen LogP contribution in [0.4, 0.5) is 0 Å². The molecule has 23 heavy (non-hydrogen) atoms. The standard InChI is InChI=1S/C18H25N3O2/c1-3-13-10-19-20-18(13)14-6-5-9-21(11-14)12-15-16(22)7-4-8-17(15)23-2/h4,7-8,10,14,22H,3,5-6,9,11-12H2,1-2H3,(H,19,20)/t14-/m1/s1. The van der Waals surface area contributed by atoms with Gasteiger partial charge in [0.1, 0.15) is 11.5 Å². The number of benzene rings is 1. The molecule has 1 aromatic heterocycles. The molecule has 0 spiro atoms. The van der Waals surface area contributed by atoms with E-state index in [1.54, 1.807) is 13.2 Å². The summed E-state index contributed by atoms with van der Waals surface area (Å²) in [5.41, 5.74) is 3.47. The van der Waals surface area contributed by atoms with Crippen LogP contribution in [0.1, 0.15) is 42.5 Å². The summed E-state index contributed by atoms with van der Waals surface area (Å²) in [4.78, 5) is 2.39. The summed E-state index contributed by atoms with van der Waals surface area (Å²) < 4.78 is 5.40. The van der Waals surface area contributed by atoms with E-state index in [0.717, 1.165) is 37.2 Å². The summed E-state index contributed by atoms with van der Waals surface area (Å²) in [7, 11) is 1.65. The predicted octanol–water partition coefficient (Wildman–Crippen LogP) is 3.07. The van der Waals surface area contributed by atoms with E-state index in [0.29, 0.717) is 18.2 Å². The molecule has 0 radical (unpaired) electrons. The Kier molecular flexibility index (Phi) is 4.86. The third kappa shape index (κ3) is 3.34. The molecule has 1 aliphatic heterocycles. The van der Waals surface area contributed by atoms with E-state index in [1.807, 2.05) is 18.3 Å². The molecule has 2 N–H and O–H groups in total. The Balaban J connectivity index is 1.75. The van der Waals surface area contributed by atoms with Gasteiger partial charge in [0.15, 0.2) is 0 Å². The number of phenolic OH excluding ortho intramolecular Hbond substituents is 1. The second-order valence-corrected chi connectivity index (χ2v) is 6.19. The van der Waals surface area contributed by atoms with Crippen LogP contribution < -0.4 is 4.74 Å². The van der Waals surface area contributed by atoms with Crippen LogP contribution in [-0.2, 0) is 13.0 Å². The number of piperidine rings is 1. The molecule has 0 amide bonds. The number of hydrogen-bond acceptors (Lipinski definition) is 4. The second kappa shape index (κ2) is 7.04. The Morgan fingerprint density at radius 2 is 2.30 bits per heavy atom. The minimum atomic E-state index is 0.308. The first-order valence-electron chi connectivity index (χ1n) is 8.32. The van der Waals surface area contributed by atoms with Gasteiger partial charge >= 0.3 is 0 Å². The lowest BCUT2D eigenvalue weighted by Gasteiger charge is -2.33. The van der Waals surface area contributed by atoms with Gasteiger partial charge < -0.3 is 9.84 Å². The number of aromatic hydroxyl groups is 1. The highest BCUT2D eigenvalue weighted by Gasteiger charge is 2.25. The smallest absolute Gasteiger partial charge is 0.127 e. The Morgan fingerprint density at radius 1 is 1.43 bits per heavy atom. The fourth-order valence-corrected chi connectivity index (χ4v) is 3.52. The second-order valence-electron chi connectivity index (χ2n) is 6.19. The van der Waals surface area contributed by atoms with Crippen LogP contribution in [0.15, 0.2) is 24.4 Å². The number of aryl methyl sites for hydroxylation is 1. The first-order valence-corrected chi connectivity index (χ1v) is 8.32. The van der Waals surface area contributed by atoms with Crippen LogP contribution in [0, 0.1) is 0 Å². The van der Waals surface area contributed by atoms with Gasteiger partial charge in [-0.3, -0.25) is 10.00 Å². The van der Waals surface area contributed by atoms with Gasteiger partial charge in [-0.1, -0.05) is 13.0 Å². The number of methoxy groups -OCH3 is 1. The highest BCUT2D eigenvalue weighted by Crippen LogP contribution is 2.32. The van der Waals surface area contributed by atoms with Gasteiger partial charge in [0.25, 0.3) is 0 Å². The van der Waals surface area contributed by atoms with Crippen molar-refractivity contribution in [2.45, 2.75) is 38.6 Å². The maximum absolute atomic E-state index is 10.2. The Labute approximate surface area is 137 Å². The molecule has 1 aromatic carbocycles. The molecular formula is C18H25N3O2. The molecule has 0 aliphatic carbocycles. The molecule has 3 rings (SSSR count). The van der Waals surface area contributed by atoms with Crippen molar-refractivity contribution >= 4 is 0 Å². The molecule has 2 aromatic rings. The maximum atomic E-state index is 10.2. The van der Waals surface area contributed by atoms with E-state index in [1.165, 1.54) is 17.7 Å². The summed E-state index contributed by atoms with van der Waals surface area (Å²) in [5, 5.41) is 17.6. The highest BCUT2D eigenvalue weighted by molar-refractivity contribution is 5.43. The van der Waals surface area contributed by atoms with Crippen molar-refractivity contribution in [2.75, 3.05) is 20.2 Å². The quantitative estimate of drug-likeness (QED) is 0.890. The number of rotatable bonds is 5. The number of aromatic nitrogens is 2. The molecule has 5 heteroatoms. The third-order valence-electron chi connectivity index (χ3n) is 4.76. The fraction of sp³-hybridized carbons (Fsp3) is 0.500. The van der Waals surface area contributed by atoms with Crippen LogP contribution in [-0.4, -0.2) is 40.4 Å². The molecule has 0 saturated carbocycles. The van der Waals surface area contributed by atoms with Gasteiger partial charge in [0, 0.05) is 30.3 Å². The summed E-state index contributed by atoms with van der Waals surface area (Å²) >= 11 is 0. The largest absolute Gasteiger partial charge is 0.507 e. The number of phenols is 1. The first-order chi connectivity index (χ1) is 11.2. The van der Waals surface area contributed by atoms with E-state index in [2.05, 4.69) is 22.0 Å². The summed E-state index contributed by atoms with van der Waals surface area (Å²) in [6, 6.07) is 5.44. The lowest BCUT2D eigenvalue weighted by molar-refractivity contribution is 0.194. The van der Waals surface area contributed by atoms with Gasteiger partial charge in [-0.05, 0) is 43.5 Å². The van der Waals surface area contributed by atoms with Crippen LogP contribution in [0.3, 0.4) is 0 Å². The van der Waals surface area contributed by atoms with Crippen molar-refractivity contribution in [3.8, 4) is 11.5 Å². The highest BCUT2D eigenvalue weighted by atomic mass is 16.5. The van der Waals surface area contributed by atoms with Crippen molar-refractivity contribution in [3.05, 3.63) is 41.2 Å². The Hall–Kier alpha value is -2.01. The monoisotopic (exact) mass is 315 g/mol. The van der Waals surface area contributed by atoms with Gasteiger partial charge in [-0.15, -0.1) is 0 Å². The van der Waals surface area contributed by atoms with Gasteiger partial charge in [0.2, 0.25) is 0 Å². The summed E-state index contributed by atoms with van der Waals surface area (Å²) in [6.45, 7) is 4.90. The molecule has 5 nitrogen and oxygen atoms in total. The number of aromatic amines is 1. The third-order valence-corrected chi connectivity index (χ3v) is 4.76. The lowest BCUT2D eigenvalue weighted by atomic mass is 9.91. The number of nitrogens with one attached hydrogen (secondary N) is 1. The number of hydrogen-bond donors (Lipinski definition) is 2. The number of H-pyrrole nitrogens is 1.